The summed E-state index contributed by atoms with van der Waals surface area (Å²) in [7, 11) is 0. The Kier molecular flexibility index (Phi) is 4.87. The molecule has 1 saturated heterocycles. The number of piperidine rings is 1. The normalized spacial score (nSPS) is 19.6. The summed E-state index contributed by atoms with van der Waals surface area (Å²) in [5.41, 5.74) is 0.509. The minimum absolute atomic E-state index is 0.0290. The molecule has 1 amide bonds. The molecule has 98 valence electrons. The van der Waals surface area contributed by atoms with Gasteiger partial charge in [0.05, 0.1) is 15.7 Å². The Morgan fingerprint density at radius 2 is 2.11 bits per heavy atom. The number of rotatable bonds is 3. The van der Waals surface area contributed by atoms with E-state index in [0.717, 1.165) is 25.9 Å². The Morgan fingerprint density at radius 3 is 2.72 bits per heavy atom. The van der Waals surface area contributed by atoms with Gasteiger partial charge in [0.2, 0.25) is 5.91 Å². The van der Waals surface area contributed by atoms with Gasteiger partial charge in [-0.3, -0.25) is 4.79 Å². The van der Waals surface area contributed by atoms with Gasteiger partial charge in [-0.1, -0.05) is 29.3 Å². The molecule has 1 atom stereocenters. The molecule has 0 bridgehead atoms. The summed E-state index contributed by atoms with van der Waals surface area (Å²) < 4.78 is 0. The van der Waals surface area contributed by atoms with E-state index in [-0.39, 0.29) is 5.91 Å². The molecule has 0 spiro atoms. The minimum atomic E-state index is -0.0290. The molecule has 2 rings (SSSR count). The van der Waals surface area contributed by atoms with Crippen molar-refractivity contribution >= 4 is 34.8 Å². The van der Waals surface area contributed by atoms with Crippen molar-refractivity contribution in [2.24, 2.45) is 5.92 Å². The van der Waals surface area contributed by atoms with Crippen LogP contribution in [0.2, 0.25) is 10.0 Å². The van der Waals surface area contributed by atoms with Crippen molar-refractivity contribution in [1.82, 2.24) is 5.32 Å². The largest absolute Gasteiger partial charge is 0.324 e. The summed E-state index contributed by atoms with van der Waals surface area (Å²) in [4.78, 5) is 11.9. The molecule has 1 unspecified atom stereocenters. The molecule has 1 aromatic rings. The molecule has 1 aliphatic heterocycles. The Balaban J connectivity index is 1.94. The monoisotopic (exact) mass is 286 g/mol. The van der Waals surface area contributed by atoms with Crippen LogP contribution in [-0.2, 0) is 4.79 Å². The van der Waals surface area contributed by atoms with Crippen LogP contribution in [0.25, 0.3) is 0 Å². The van der Waals surface area contributed by atoms with E-state index in [1.165, 1.54) is 0 Å². The first-order valence-corrected chi connectivity index (χ1v) is 6.87. The molecule has 0 radical (unpaired) electrons. The maximum Gasteiger partial charge on any atom is 0.224 e. The molecule has 3 nitrogen and oxygen atoms in total. The number of nitrogens with one attached hydrogen (secondary N) is 2. The summed E-state index contributed by atoms with van der Waals surface area (Å²) in [6.45, 7) is 1.96. The number of hydrogen-bond acceptors (Lipinski definition) is 2. The van der Waals surface area contributed by atoms with Crippen molar-refractivity contribution in [1.29, 1.82) is 0 Å². The third-order valence-electron chi connectivity index (χ3n) is 3.10. The van der Waals surface area contributed by atoms with Gasteiger partial charge in [0.1, 0.15) is 0 Å². The second kappa shape index (κ2) is 6.41. The van der Waals surface area contributed by atoms with Crippen molar-refractivity contribution in [3.63, 3.8) is 0 Å². The smallest absolute Gasteiger partial charge is 0.224 e. The third-order valence-corrected chi connectivity index (χ3v) is 3.73. The highest BCUT2D eigenvalue weighted by Crippen LogP contribution is 2.30. The number of anilines is 1. The molecule has 2 N–H and O–H groups in total. The SMILES string of the molecule is O=C(CC1CCCNC1)Nc1c(Cl)cccc1Cl. The van der Waals surface area contributed by atoms with Crippen LogP contribution in [0.4, 0.5) is 5.69 Å². The van der Waals surface area contributed by atoms with Gasteiger partial charge in [-0.15, -0.1) is 0 Å². The number of hydrogen-bond donors (Lipinski definition) is 2. The van der Waals surface area contributed by atoms with Gasteiger partial charge in [-0.2, -0.15) is 0 Å². The fourth-order valence-electron chi connectivity index (χ4n) is 2.17. The number of carbonyl (C=O) groups is 1. The molecular weight excluding hydrogens is 271 g/mol. The second-order valence-corrected chi connectivity index (χ2v) is 5.38. The van der Waals surface area contributed by atoms with Crippen molar-refractivity contribution in [3.8, 4) is 0 Å². The maximum atomic E-state index is 11.9. The lowest BCUT2D eigenvalue weighted by molar-refractivity contribution is -0.117. The van der Waals surface area contributed by atoms with Crippen molar-refractivity contribution in [3.05, 3.63) is 28.2 Å². The van der Waals surface area contributed by atoms with E-state index >= 15 is 0 Å². The van der Waals surface area contributed by atoms with Crippen molar-refractivity contribution in [2.75, 3.05) is 18.4 Å². The molecule has 0 saturated carbocycles. The van der Waals surface area contributed by atoms with Gasteiger partial charge < -0.3 is 10.6 Å². The predicted octanol–water partition coefficient (Wildman–Crippen LogP) is 3.32. The molecular formula is C13H16Cl2N2O. The topological polar surface area (TPSA) is 41.1 Å². The van der Waals surface area contributed by atoms with Crippen LogP contribution in [0.5, 0.6) is 0 Å². The van der Waals surface area contributed by atoms with Gasteiger partial charge in [-0.25, -0.2) is 0 Å². The number of amides is 1. The van der Waals surface area contributed by atoms with Gasteiger partial charge in [0.25, 0.3) is 0 Å². The van der Waals surface area contributed by atoms with E-state index in [1.807, 2.05) is 0 Å². The number of halogens is 2. The third kappa shape index (κ3) is 3.61. The summed E-state index contributed by atoms with van der Waals surface area (Å²) >= 11 is 12.0. The van der Waals surface area contributed by atoms with Crippen LogP contribution in [0, 0.1) is 5.92 Å². The molecule has 0 aliphatic carbocycles. The average molecular weight is 287 g/mol. The van der Waals surface area contributed by atoms with Gasteiger partial charge in [0.15, 0.2) is 0 Å². The van der Waals surface area contributed by atoms with E-state index in [0.29, 0.717) is 28.1 Å². The van der Waals surface area contributed by atoms with Crippen molar-refractivity contribution in [2.45, 2.75) is 19.3 Å². The number of benzene rings is 1. The van der Waals surface area contributed by atoms with Gasteiger partial charge in [-0.05, 0) is 44.0 Å². The fraction of sp³-hybridized carbons (Fsp3) is 0.462. The molecule has 1 aromatic carbocycles. The summed E-state index contributed by atoms with van der Waals surface area (Å²) in [5.74, 6) is 0.374. The Hall–Kier alpha value is -0.770. The molecule has 1 aliphatic rings. The zero-order valence-corrected chi connectivity index (χ0v) is 11.5. The zero-order chi connectivity index (χ0) is 13.0. The van der Waals surface area contributed by atoms with Crippen LogP contribution in [0.3, 0.4) is 0 Å². The predicted molar refractivity (Wildman–Crippen MR) is 75.3 cm³/mol. The summed E-state index contributed by atoms with van der Waals surface area (Å²) in [5, 5.41) is 7.03. The van der Waals surface area contributed by atoms with Crippen LogP contribution in [0.15, 0.2) is 18.2 Å². The molecule has 5 heteroatoms. The highest BCUT2D eigenvalue weighted by atomic mass is 35.5. The summed E-state index contributed by atoms with van der Waals surface area (Å²) in [6.07, 6.45) is 2.73. The maximum absolute atomic E-state index is 11.9. The van der Waals surface area contributed by atoms with Crippen LogP contribution in [0.1, 0.15) is 19.3 Å². The van der Waals surface area contributed by atoms with E-state index in [1.54, 1.807) is 18.2 Å². The molecule has 0 aromatic heterocycles. The van der Waals surface area contributed by atoms with E-state index < -0.39 is 0 Å². The Labute approximate surface area is 117 Å². The number of para-hydroxylation sites is 1. The van der Waals surface area contributed by atoms with Gasteiger partial charge >= 0.3 is 0 Å². The lowest BCUT2D eigenvalue weighted by atomic mass is 9.96. The highest BCUT2D eigenvalue weighted by Gasteiger charge is 2.18. The van der Waals surface area contributed by atoms with Crippen LogP contribution in [-0.4, -0.2) is 19.0 Å². The molecule has 18 heavy (non-hydrogen) atoms. The first-order valence-electron chi connectivity index (χ1n) is 6.11. The van der Waals surface area contributed by atoms with E-state index in [4.69, 9.17) is 23.2 Å². The summed E-state index contributed by atoms with van der Waals surface area (Å²) in [6, 6.07) is 5.18. The fourth-order valence-corrected chi connectivity index (χ4v) is 2.66. The minimum Gasteiger partial charge on any atom is -0.324 e. The molecule has 1 fully saturated rings. The van der Waals surface area contributed by atoms with E-state index in [9.17, 15) is 4.79 Å². The zero-order valence-electron chi connectivity index (χ0n) is 10.0. The van der Waals surface area contributed by atoms with Crippen molar-refractivity contribution < 1.29 is 4.79 Å². The standard InChI is InChI=1S/C13H16Cl2N2O/c14-10-4-1-5-11(15)13(10)17-12(18)7-9-3-2-6-16-8-9/h1,4-5,9,16H,2-3,6-8H2,(H,17,18). The Bertz CT molecular complexity index is 411. The lowest BCUT2D eigenvalue weighted by Crippen LogP contribution is -2.32. The first-order chi connectivity index (χ1) is 8.66. The first kappa shape index (κ1) is 13.7. The lowest BCUT2D eigenvalue weighted by Gasteiger charge is -2.22. The van der Waals surface area contributed by atoms with Crippen LogP contribution < -0.4 is 10.6 Å². The average Bonchev–Trinajstić information content (AvgIpc) is 2.35. The molecule has 1 heterocycles. The van der Waals surface area contributed by atoms with Crippen LogP contribution >= 0.6 is 23.2 Å². The number of carbonyl (C=O) groups excluding carboxylic acids is 1. The quantitative estimate of drug-likeness (QED) is 0.895. The van der Waals surface area contributed by atoms with Gasteiger partial charge in [0, 0.05) is 6.42 Å². The van der Waals surface area contributed by atoms with E-state index in [2.05, 4.69) is 10.6 Å². The Morgan fingerprint density at radius 1 is 1.39 bits per heavy atom. The highest BCUT2D eigenvalue weighted by molar-refractivity contribution is 6.39. The second-order valence-electron chi connectivity index (χ2n) is 4.56.